The van der Waals surface area contributed by atoms with Gasteiger partial charge in [-0.25, -0.2) is 9.69 Å². The molecule has 166 valence electrons. The second-order valence-corrected chi connectivity index (χ2v) is 8.51. The van der Waals surface area contributed by atoms with Crippen molar-refractivity contribution in [2.45, 2.75) is 12.5 Å². The van der Waals surface area contributed by atoms with Gasteiger partial charge in [0.2, 0.25) is 0 Å². The lowest BCUT2D eigenvalue weighted by Gasteiger charge is -2.19. The average Bonchev–Trinajstić information content (AvgIpc) is 3.43. The molecule has 1 N–H and O–H groups in total. The molecule has 6 heteroatoms. The van der Waals surface area contributed by atoms with Gasteiger partial charge < -0.3 is 10.2 Å². The fourth-order valence-electron chi connectivity index (χ4n) is 4.92. The predicted octanol–water partition coefficient (Wildman–Crippen LogP) is 4.84. The van der Waals surface area contributed by atoms with Gasteiger partial charge in [0, 0.05) is 17.8 Å². The third-order valence-corrected chi connectivity index (χ3v) is 6.56. The molecule has 2 heterocycles. The van der Waals surface area contributed by atoms with Crippen LogP contribution in [0.4, 0.5) is 16.2 Å². The molecule has 1 fully saturated rings. The van der Waals surface area contributed by atoms with Crippen molar-refractivity contribution in [3.8, 4) is 0 Å². The van der Waals surface area contributed by atoms with Gasteiger partial charge in [0.1, 0.15) is 6.04 Å². The number of hydrogen-bond acceptors (Lipinski definition) is 3. The van der Waals surface area contributed by atoms with Crippen molar-refractivity contribution in [3.63, 3.8) is 0 Å². The molecule has 0 bridgehead atoms. The Morgan fingerprint density at radius 2 is 1.62 bits per heavy atom. The molecule has 0 aromatic heterocycles. The number of nitrogens with one attached hydrogen (secondary N) is 1. The maximum atomic E-state index is 13.4. The molecule has 0 spiro atoms. The van der Waals surface area contributed by atoms with Crippen LogP contribution in [0, 0.1) is 0 Å². The van der Waals surface area contributed by atoms with Gasteiger partial charge in [0.05, 0.1) is 5.69 Å². The molecular weight excluding hydrogens is 426 g/mol. The van der Waals surface area contributed by atoms with Crippen molar-refractivity contribution in [3.05, 3.63) is 108 Å². The number of nitrogens with zero attached hydrogens (tertiary/aromatic N) is 2. The van der Waals surface area contributed by atoms with Crippen molar-refractivity contribution < 1.29 is 14.4 Å². The van der Waals surface area contributed by atoms with Gasteiger partial charge in [-0.2, -0.15) is 0 Å². The summed E-state index contributed by atoms with van der Waals surface area (Å²) in [5.41, 5.74) is 3.61. The zero-order valence-corrected chi connectivity index (χ0v) is 18.3. The van der Waals surface area contributed by atoms with Crippen molar-refractivity contribution in [1.82, 2.24) is 5.32 Å². The summed E-state index contributed by atoms with van der Waals surface area (Å²) in [6.07, 6.45) is 0.807. The molecule has 1 saturated heterocycles. The maximum absolute atomic E-state index is 13.4. The number of hydrogen-bond donors (Lipinski definition) is 1. The molecule has 2 aliphatic rings. The van der Waals surface area contributed by atoms with Gasteiger partial charge >= 0.3 is 6.03 Å². The molecule has 1 unspecified atom stereocenters. The van der Waals surface area contributed by atoms with E-state index in [2.05, 4.69) is 5.32 Å². The second-order valence-electron chi connectivity index (χ2n) is 8.51. The first-order valence-electron chi connectivity index (χ1n) is 11.2. The molecule has 1 atom stereocenters. The number of rotatable bonds is 3. The number of fused-ring (bicyclic) bond motifs is 2. The second kappa shape index (κ2) is 7.85. The summed E-state index contributed by atoms with van der Waals surface area (Å²) in [6, 6.07) is 26.8. The van der Waals surface area contributed by atoms with Crippen molar-refractivity contribution in [2.24, 2.45) is 0 Å². The quantitative estimate of drug-likeness (QED) is 0.457. The molecular formula is C28H21N3O3. The Kier molecular flexibility index (Phi) is 4.66. The summed E-state index contributed by atoms with van der Waals surface area (Å²) in [6.45, 7) is 0.606. The summed E-state index contributed by atoms with van der Waals surface area (Å²) in [7, 11) is 0. The number of benzene rings is 4. The van der Waals surface area contributed by atoms with Crippen molar-refractivity contribution >= 4 is 40.0 Å². The molecule has 4 amide bonds. The Hall–Kier alpha value is -4.45. The number of amides is 4. The van der Waals surface area contributed by atoms with Gasteiger partial charge in [-0.15, -0.1) is 0 Å². The van der Waals surface area contributed by atoms with E-state index in [1.165, 1.54) is 0 Å². The number of carbonyl (C=O) groups is 3. The molecule has 4 aromatic carbocycles. The van der Waals surface area contributed by atoms with Crippen LogP contribution in [0.15, 0.2) is 91.0 Å². The number of urea groups is 1. The molecule has 34 heavy (non-hydrogen) atoms. The Morgan fingerprint density at radius 1 is 0.853 bits per heavy atom. The van der Waals surface area contributed by atoms with Gasteiger partial charge in [-0.3, -0.25) is 9.59 Å². The molecule has 2 aliphatic heterocycles. The van der Waals surface area contributed by atoms with E-state index >= 15 is 0 Å². The standard InChI is InChI=1S/C28H21N3O3/c32-26(30-16-15-19-8-2-4-14-24(19)30)20-10-5-11-21(17-20)31-27(33)25(29-28(31)34)23-13-6-9-18-7-1-3-12-22(18)23/h1-14,17,25H,15-16H2,(H,29,34). The lowest BCUT2D eigenvalue weighted by molar-refractivity contribution is -0.118. The molecule has 0 saturated carbocycles. The third-order valence-electron chi connectivity index (χ3n) is 6.56. The molecule has 6 nitrogen and oxygen atoms in total. The van der Waals surface area contributed by atoms with E-state index in [0.29, 0.717) is 17.8 Å². The van der Waals surface area contributed by atoms with Crippen LogP contribution in [-0.2, 0) is 11.2 Å². The molecule has 6 rings (SSSR count). The minimum atomic E-state index is -0.789. The van der Waals surface area contributed by atoms with Crippen LogP contribution in [0.5, 0.6) is 0 Å². The highest BCUT2D eigenvalue weighted by Gasteiger charge is 2.41. The summed E-state index contributed by atoms with van der Waals surface area (Å²) in [5, 5.41) is 4.74. The van der Waals surface area contributed by atoms with Gasteiger partial charge in [-0.1, -0.05) is 66.7 Å². The Balaban J connectivity index is 1.32. The normalized spacial score (nSPS) is 17.2. The Morgan fingerprint density at radius 3 is 2.53 bits per heavy atom. The van der Waals surface area contributed by atoms with Crippen LogP contribution in [-0.4, -0.2) is 24.4 Å². The van der Waals surface area contributed by atoms with E-state index < -0.39 is 12.1 Å². The molecule has 4 aromatic rings. The number of carbonyl (C=O) groups excluding carboxylic acids is 3. The molecule has 0 aliphatic carbocycles. The Bertz CT molecular complexity index is 1470. The lowest BCUT2D eigenvalue weighted by Crippen LogP contribution is -2.32. The first-order valence-corrected chi connectivity index (χ1v) is 11.2. The highest BCUT2D eigenvalue weighted by atomic mass is 16.2. The number of imide groups is 1. The van der Waals surface area contributed by atoms with E-state index in [-0.39, 0.29) is 11.8 Å². The monoisotopic (exact) mass is 447 g/mol. The number of para-hydroxylation sites is 1. The van der Waals surface area contributed by atoms with Gasteiger partial charge in [-0.05, 0) is 52.6 Å². The maximum Gasteiger partial charge on any atom is 0.329 e. The fraction of sp³-hybridized carbons (Fsp3) is 0.107. The predicted molar refractivity (Wildman–Crippen MR) is 131 cm³/mol. The van der Waals surface area contributed by atoms with Crippen LogP contribution >= 0.6 is 0 Å². The van der Waals surface area contributed by atoms with Crippen LogP contribution in [0.25, 0.3) is 10.8 Å². The summed E-state index contributed by atoms with van der Waals surface area (Å²) >= 11 is 0. The van der Waals surface area contributed by atoms with Gasteiger partial charge in [0.25, 0.3) is 11.8 Å². The SMILES string of the molecule is O=C(c1cccc(N2C(=O)NC(c3cccc4ccccc34)C2=O)c1)N1CCc2ccccc21. The van der Waals surface area contributed by atoms with Crippen LogP contribution in [0.3, 0.4) is 0 Å². The zero-order chi connectivity index (χ0) is 23.2. The first-order chi connectivity index (χ1) is 16.6. The lowest BCUT2D eigenvalue weighted by atomic mass is 9.98. The van der Waals surface area contributed by atoms with E-state index in [9.17, 15) is 14.4 Å². The van der Waals surface area contributed by atoms with Crippen LogP contribution in [0.1, 0.15) is 27.5 Å². The van der Waals surface area contributed by atoms with Crippen LogP contribution in [0.2, 0.25) is 0 Å². The van der Waals surface area contributed by atoms with E-state index in [4.69, 9.17) is 0 Å². The smallest absolute Gasteiger partial charge is 0.321 e. The number of anilines is 2. The summed E-state index contributed by atoms with van der Waals surface area (Å²) < 4.78 is 0. The molecule has 0 radical (unpaired) electrons. The van der Waals surface area contributed by atoms with Gasteiger partial charge in [0.15, 0.2) is 0 Å². The minimum absolute atomic E-state index is 0.149. The van der Waals surface area contributed by atoms with Crippen molar-refractivity contribution in [2.75, 3.05) is 16.3 Å². The Labute approximate surface area is 196 Å². The average molecular weight is 447 g/mol. The van der Waals surface area contributed by atoms with E-state index in [1.54, 1.807) is 29.2 Å². The first kappa shape index (κ1) is 20.2. The zero-order valence-electron chi connectivity index (χ0n) is 18.3. The van der Waals surface area contributed by atoms with Crippen molar-refractivity contribution in [1.29, 1.82) is 0 Å². The highest BCUT2D eigenvalue weighted by Crippen LogP contribution is 2.33. The topological polar surface area (TPSA) is 69.7 Å². The summed E-state index contributed by atoms with van der Waals surface area (Å²) in [5.74, 6) is -0.512. The fourth-order valence-corrected chi connectivity index (χ4v) is 4.92. The minimum Gasteiger partial charge on any atom is -0.321 e. The summed E-state index contributed by atoms with van der Waals surface area (Å²) in [4.78, 5) is 42.5. The van der Waals surface area contributed by atoms with E-state index in [0.717, 1.165) is 38.9 Å². The van der Waals surface area contributed by atoms with E-state index in [1.807, 2.05) is 66.7 Å². The highest BCUT2D eigenvalue weighted by molar-refractivity contribution is 6.22. The largest absolute Gasteiger partial charge is 0.329 e. The third kappa shape index (κ3) is 3.15. The van der Waals surface area contributed by atoms with Crippen LogP contribution < -0.4 is 15.1 Å².